The van der Waals surface area contributed by atoms with Crippen LogP contribution in [0, 0.1) is 5.92 Å². The molecule has 3 atom stereocenters. The van der Waals surface area contributed by atoms with Gasteiger partial charge in [0.05, 0.1) is 18.2 Å². The second kappa shape index (κ2) is 8.67. The van der Waals surface area contributed by atoms with Crippen LogP contribution < -0.4 is 4.72 Å². The third kappa shape index (κ3) is 5.05. The van der Waals surface area contributed by atoms with Gasteiger partial charge in [-0.15, -0.1) is 11.3 Å². The molecule has 2 aliphatic rings. The van der Waals surface area contributed by atoms with Gasteiger partial charge in [-0.25, -0.2) is 4.72 Å². The molecule has 1 aromatic heterocycles. The van der Waals surface area contributed by atoms with Crippen LogP contribution in [-0.4, -0.2) is 62.6 Å². The Balaban J connectivity index is 1.67. The van der Waals surface area contributed by atoms with Crippen LogP contribution in [-0.2, 0) is 14.9 Å². The highest BCUT2D eigenvalue weighted by Gasteiger charge is 2.32. The Kier molecular flexibility index (Phi) is 6.74. The van der Waals surface area contributed by atoms with E-state index in [-0.39, 0.29) is 18.2 Å². The summed E-state index contributed by atoms with van der Waals surface area (Å²) in [7, 11) is -3.50. The van der Waals surface area contributed by atoms with Gasteiger partial charge in [-0.3, -0.25) is 4.90 Å². The van der Waals surface area contributed by atoms with Gasteiger partial charge in [-0.1, -0.05) is 13.0 Å². The summed E-state index contributed by atoms with van der Waals surface area (Å²) in [5.41, 5.74) is 0. The van der Waals surface area contributed by atoms with E-state index in [0.717, 1.165) is 19.0 Å². The van der Waals surface area contributed by atoms with Crippen molar-refractivity contribution in [3.05, 3.63) is 22.4 Å². The molecule has 2 aliphatic heterocycles. The van der Waals surface area contributed by atoms with Crippen LogP contribution in [0.15, 0.2) is 17.5 Å². The number of piperidine rings is 1. The second-order valence-electron chi connectivity index (χ2n) is 7.68. The summed E-state index contributed by atoms with van der Waals surface area (Å²) in [6, 6.07) is 4.26. The van der Waals surface area contributed by atoms with Crippen LogP contribution in [0.3, 0.4) is 0 Å². The van der Waals surface area contributed by atoms with Crippen molar-refractivity contribution in [2.24, 2.45) is 5.92 Å². The van der Waals surface area contributed by atoms with Gasteiger partial charge in [0.15, 0.2) is 0 Å². The first kappa shape index (κ1) is 20.2. The number of nitrogens with one attached hydrogen (secondary N) is 1. The van der Waals surface area contributed by atoms with Gasteiger partial charge < -0.3 is 4.74 Å². The fraction of sp³-hybridized carbons (Fsp3) is 0.778. The maximum atomic E-state index is 12.8. The molecule has 0 spiro atoms. The van der Waals surface area contributed by atoms with E-state index < -0.39 is 10.2 Å². The number of likely N-dealkylation sites (tertiary alicyclic amines) is 1. The fourth-order valence-corrected chi connectivity index (χ4v) is 6.06. The maximum Gasteiger partial charge on any atom is 0.279 e. The Bertz CT molecular complexity index is 647. The van der Waals surface area contributed by atoms with Gasteiger partial charge in [-0.2, -0.15) is 12.7 Å². The monoisotopic (exact) mass is 401 g/mol. The molecule has 8 heteroatoms. The van der Waals surface area contributed by atoms with Crippen LogP contribution in [0.5, 0.6) is 0 Å². The molecule has 0 aliphatic carbocycles. The smallest absolute Gasteiger partial charge is 0.279 e. The number of hydrogen-bond acceptors (Lipinski definition) is 5. The van der Waals surface area contributed by atoms with Gasteiger partial charge in [0.25, 0.3) is 10.2 Å². The third-order valence-electron chi connectivity index (χ3n) is 5.32. The Morgan fingerprint density at radius 3 is 2.46 bits per heavy atom. The molecule has 3 heterocycles. The van der Waals surface area contributed by atoms with Gasteiger partial charge in [0, 0.05) is 24.5 Å². The molecule has 0 unspecified atom stereocenters. The lowest BCUT2D eigenvalue weighted by molar-refractivity contribution is -0.0444. The van der Waals surface area contributed by atoms with Crippen molar-refractivity contribution >= 4 is 21.5 Å². The summed E-state index contributed by atoms with van der Waals surface area (Å²) in [5.74, 6) is 0.753. The summed E-state index contributed by atoms with van der Waals surface area (Å²) in [6.07, 6.45) is 2.19. The standard InChI is InChI=1S/C18H31N3O3S2/c1-14-6-8-20(9-7-14)17(18-5-4-10-25-18)11-19-26(22,23)21-12-15(2)24-16(3)13-21/h4-5,10,14-17,19H,6-9,11-13H2,1-3H3/t15-,16+,17-/m1/s1. The molecular formula is C18H31N3O3S2. The zero-order valence-electron chi connectivity index (χ0n) is 15.9. The second-order valence-corrected chi connectivity index (χ2v) is 10.4. The molecule has 2 saturated heterocycles. The normalized spacial score (nSPS) is 28.3. The summed E-state index contributed by atoms with van der Waals surface area (Å²) >= 11 is 1.70. The number of rotatable bonds is 6. The number of thiophene rings is 1. The van der Waals surface area contributed by atoms with Gasteiger partial charge in [0.1, 0.15) is 0 Å². The third-order valence-corrected chi connectivity index (χ3v) is 7.80. The van der Waals surface area contributed by atoms with Crippen molar-refractivity contribution in [1.29, 1.82) is 0 Å². The van der Waals surface area contributed by atoms with Crippen molar-refractivity contribution in [2.45, 2.75) is 51.9 Å². The SMILES string of the molecule is CC1CCN([C@H](CNS(=O)(=O)N2C[C@@H](C)O[C@@H](C)C2)c2cccs2)CC1. The van der Waals surface area contributed by atoms with E-state index in [1.807, 2.05) is 19.9 Å². The van der Waals surface area contributed by atoms with Crippen molar-refractivity contribution in [3.8, 4) is 0 Å². The van der Waals surface area contributed by atoms with Gasteiger partial charge >= 0.3 is 0 Å². The highest BCUT2D eigenvalue weighted by molar-refractivity contribution is 7.87. The van der Waals surface area contributed by atoms with Gasteiger partial charge in [0.2, 0.25) is 0 Å². The Morgan fingerprint density at radius 1 is 1.23 bits per heavy atom. The van der Waals surface area contributed by atoms with Crippen molar-refractivity contribution in [3.63, 3.8) is 0 Å². The quantitative estimate of drug-likeness (QED) is 0.795. The van der Waals surface area contributed by atoms with Crippen LogP contribution in [0.25, 0.3) is 0 Å². The predicted octanol–water partition coefficient (Wildman–Crippen LogP) is 2.46. The molecule has 0 aromatic carbocycles. The number of morpholine rings is 1. The number of ether oxygens (including phenoxy) is 1. The van der Waals surface area contributed by atoms with E-state index in [4.69, 9.17) is 4.74 Å². The topological polar surface area (TPSA) is 61.9 Å². The largest absolute Gasteiger partial charge is 0.373 e. The van der Waals surface area contributed by atoms with Gasteiger partial charge in [-0.05, 0) is 57.1 Å². The molecule has 0 amide bonds. The molecule has 0 radical (unpaired) electrons. The molecule has 6 nitrogen and oxygen atoms in total. The zero-order chi connectivity index (χ0) is 18.7. The number of hydrogen-bond donors (Lipinski definition) is 1. The van der Waals surface area contributed by atoms with E-state index in [1.165, 1.54) is 22.0 Å². The average molecular weight is 402 g/mol. The van der Waals surface area contributed by atoms with E-state index in [9.17, 15) is 8.42 Å². The molecule has 148 valence electrons. The van der Waals surface area contributed by atoms with Crippen molar-refractivity contribution in [2.75, 3.05) is 32.7 Å². The predicted molar refractivity (Wildman–Crippen MR) is 106 cm³/mol. The van der Waals surface area contributed by atoms with Crippen molar-refractivity contribution < 1.29 is 13.2 Å². The van der Waals surface area contributed by atoms with E-state index in [1.54, 1.807) is 11.3 Å². The molecule has 26 heavy (non-hydrogen) atoms. The summed E-state index contributed by atoms with van der Waals surface area (Å²) < 4.78 is 35.7. The molecular weight excluding hydrogens is 370 g/mol. The lowest BCUT2D eigenvalue weighted by Crippen LogP contribution is -2.53. The van der Waals surface area contributed by atoms with Crippen LogP contribution in [0.4, 0.5) is 0 Å². The molecule has 0 bridgehead atoms. The lowest BCUT2D eigenvalue weighted by Gasteiger charge is -2.37. The van der Waals surface area contributed by atoms with E-state index >= 15 is 0 Å². The highest BCUT2D eigenvalue weighted by Crippen LogP contribution is 2.29. The Morgan fingerprint density at radius 2 is 1.88 bits per heavy atom. The first-order valence-corrected chi connectivity index (χ1v) is 11.8. The first-order chi connectivity index (χ1) is 12.3. The van der Waals surface area contributed by atoms with Crippen LogP contribution >= 0.6 is 11.3 Å². The molecule has 1 N–H and O–H groups in total. The minimum absolute atomic E-state index is 0.0769. The zero-order valence-corrected chi connectivity index (χ0v) is 17.6. The maximum absolute atomic E-state index is 12.8. The van der Waals surface area contributed by atoms with Crippen molar-refractivity contribution in [1.82, 2.24) is 13.9 Å². The molecule has 2 fully saturated rings. The minimum atomic E-state index is -3.50. The molecule has 0 saturated carbocycles. The summed E-state index contributed by atoms with van der Waals surface area (Å²) in [5, 5.41) is 2.06. The summed E-state index contributed by atoms with van der Waals surface area (Å²) in [4.78, 5) is 3.66. The average Bonchev–Trinajstić information content (AvgIpc) is 3.10. The molecule has 1 aromatic rings. The fourth-order valence-electron chi connectivity index (χ4n) is 3.83. The van der Waals surface area contributed by atoms with E-state index in [2.05, 4.69) is 28.0 Å². The summed E-state index contributed by atoms with van der Waals surface area (Å²) in [6.45, 7) is 9.41. The first-order valence-electron chi connectivity index (χ1n) is 9.53. The van der Waals surface area contributed by atoms with Crippen LogP contribution in [0.1, 0.15) is 44.5 Å². The Hall–Kier alpha value is -0.510. The van der Waals surface area contributed by atoms with E-state index in [0.29, 0.717) is 19.6 Å². The lowest BCUT2D eigenvalue weighted by atomic mass is 9.97. The van der Waals surface area contributed by atoms with Crippen LogP contribution in [0.2, 0.25) is 0 Å². The number of nitrogens with zero attached hydrogens (tertiary/aromatic N) is 2. The highest BCUT2D eigenvalue weighted by atomic mass is 32.2. The minimum Gasteiger partial charge on any atom is -0.373 e. The molecule has 3 rings (SSSR count). The Labute approximate surface area is 161 Å².